The third kappa shape index (κ3) is 3.34. The second-order valence-electron chi connectivity index (χ2n) is 10.6. The van der Waals surface area contributed by atoms with Gasteiger partial charge in [-0.05, 0) is 71.4 Å². The number of pyridine rings is 1. The Morgan fingerprint density at radius 3 is 1.62 bits per heavy atom. The van der Waals surface area contributed by atoms with Crippen molar-refractivity contribution in [1.82, 2.24) is 24.1 Å². The zero-order valence-electron chi connectivity index (χ0n) is 22.5. The SMILES string of the molecule is c1ccc(-n2c3ccccc3c3cc4cc5c6ccccc6n(-c6cnc(-c7cccnc7)nc6)c5cc4cc32)cc1. The lowest BCUT2D eigenvalue weighted by Gasteiger charge is -2.10. The van der Waals surface area contributed by atoms with Crippen molar-refractivity contribution in [2.75, 3.05) is 0 Å². The fraction of sp³-hybridized carbons (Fsp3) is 0. The Balaban J connectivity index is 1.33. The Morgan fingerprint density at radius 2 is 1.00 bits per heavy atom. The highest BCUT2D eigenvalue weighted by atomic mass is 15.0. The molecule has 0 unspecified atom stereocenters. The molecule has 0 N–H and O–H groups in total. The van der Waals surface area contributed by atoms with Crippen molar-refractivity contribution in [1.29, 1.82) is 0 Å². The molecule has 0 aliphatic rings. The van der Waals surface area contributed by atoms with E-state index in [-0.39, 0.29) is 0 Å². The van der Waals surface area contributed by atoms with Gasteiger partial charge in [0.05, 0.1) is 40.1 Å². The van der Waals surface area contributed by atoms with E-state index in [0.29, 0.717) is 5.82 Å². The van der Waals surface area contributed by atoms with Crippen LogP contribution in [-0.4, -0.2) is 24.1 Å². The van der Waals surface area contributed by atoms with Crippen LogP contribution in [0.4, 0.5) is 0 Å². The van der Waals surface area contributed by atoms with Crippen LogP contribution in [0, 0.1) is 0 Å². The minimum absolute atomic E-state index is 0.661. The number of rotatable bonds is 3. The van der Waals surface area contributed by atoms with Gasteiger partial charge >= 0.3 is 0 Å². The van der Waals surface area contributed by atoms with E-state index in [0.717, 1.165) is 28.0 Å². The first-order valence-corrected chi connectivity index (χ1v) is 14.0. The summed E-state index contributed by atoms with van der Waals surface area (Å²) >= 11 is 0. The Bertz CT molecular complexity index is 2440. The summed E-state index contributed by atoms with van der Waals surface area (Å²) in [5.41, 5.74) is 7.64. The third-order valence-corrected chi connectivity index (χ3v) is 8.25. The van der Waals surface area contributed by atoms with Gasteiger partial charge in [-0.2, -0.15) is 0 Å². The van der Waals surface area contributed by atoms with Crippen LogP contribution < -0.4 is 0 Å². The molecule has 0 fully saturated rings. The number of benzene rings is 5. The maximum Gasteiger partial charge on any atom is 0.160 e. The smallest absolute Gasteiger partial charge is 0.160 e. The number of hydrogen-bond donors (Lipinski definition) is 0. The fourth-order valence-corrected chi connectivity index (χ4v) is 6.39. The average Bonchev–Trinajstić information content (AvgIpc) is 3.55. The van der Waals surface area contributed by atoms with Crippen LogP contribution >= 0.6 is 0 Å². The van der Waals surface area contributed by atoms with Gasteiger partial charge in [0.2, 0.25) is 0 Å². The van der Waals surface area contributed by atoms with E-state index in [4.69, 9.17) is 9.97 Å². The summed E-state index contributed by atoms with van der Waals surface area (Å²) in [6.45, 7) is 0. The molecule has 0 radical (unpaired) electrons. The first-order chi connectivity index (χ1) is 20.8. The first-order valence-electron chi connectivity index (χ1n) is 14.0. The van der Waals surface area contributed by atoms with Crippen LogP contribution in [0.3, 0.4) is 0 Å². The largest absolute Gasteiger partial charge is 0.309 e. The standard InChI is InChI=1S/C37H23N5/c1-2-10-27(11-3-1)41-33-14-6-4-12-29(33)31-17-25-18-32-30-13-5-7-15-34(30)42(36(32)20-26(25)19-35(31)41)28-22-39-37(40-23-28)24-9-8-16-38-21-24/h1-23H. The van der Waals surface area contributed by atoms with E-state index in [2.05, 4.69) is 117 Å². The number of fused-ring (bicyclic) bond motifs is 7. The summed E-state index contributed by atoms with van der Waals surface area (Å²) in [7, 11) is 0. The highest BCUT2D eigenvalue weighted by Gasteiger charge is 2.17. The van der Waals surface area contributed by atoms with Crippen LogP contribution in [0.1, 0.15) is 0 Å². The molecule has 0 aliphatic carbocycles. The number of aromatic nitrogens is 5. The molecular weight excluding hydrogens is 514 g/mol. The van der Waals surface area contributed by atoms with Gasteiger partial charge < -0.3 is 9.13 Å². The maximum atomic E-state index is 4.72. The van der Waals surface area contributed by atoms with Crippen LogP contribution in [0.5, 0.6) is 0 Å². The summed E-state index contributed by atoms with van der Waals surface area (Å²) in [6.07, 6.45) is 7.36. The minimum atomic E-state index is 0.661. The molecule has 0 saturated carbocycles. The summed E-state index contributed by atoms with van der Waals surface area (Å²) in [4.78, 5) is 13.7. The lowest BCUT2D eigenvalue weighted by atomic mass is 10.0. The lowest BCUT2D eigenvalue weighted by Crippen LogP contribution is -1.98. The number of hydrogen-bond acceptors (Lipinski definition) is 3. The molecule has 9 rings (SSSR count). The molecule has 42 heavy (non-hydrogen) atoms. The van der Waals surface area contributed by atoms with Crippen molar-refractivity contribution in [3.05, 3.63) is 140 Å². The Morgan fingerprint density at radius 1 is 0.429 bits per heavy atom. The predicted molar refractivity (Wildman–Crippen MR) is 171 cm³/mol. The van der Waals surface area contributed by atoms with Gasteiger partial charge in [-0.3, -0.25) is 4.98 Å². The van der Waals surface area contributed by atoms with Crippen LogP contribution in [0.2, 0.25) is 0 Å². The average molecular weight is 538 g/mol. The summed E-state index contributed by atoms with van der Waals surface area (Å²) in [5, 5.41) is 7.33. The first kappa shape index (κ1) is 22.9. The van der Waals surface area contributed by atoms with E-state index in [1.165, 1.54) is 43.4 Å². The van der Waals surface area contributed by atoms with Crippen molar-refractivity contribution < 1.29 is 0 Å². The normalized spacial score (nSPS) is 11.8. The van der Waals surface area contributed by atoms with Gasteiger partial charge in [0.1, 0.15) is 0 Å². The Hall–Kier alpha value is -5.81. The molecule has 9 aromatic rings. The molecule has 0 atom stereocenters. The van der Waals surface area contributed by atoms with Gasteiger partial charge in [0.15, 0.2) is 5.82 Å². The second kappa shape index (κ2) is 8.85. The quantitative estimate of drug-likeness (QED) is 0.226. The van der Waals surface area contributed by atoms with Gasteiger partial charge in [-0.15, -0.1) is 0 Å². The van der Waals surface area contributed by atoms with Crippen molar-refractivity contribution in [2.45, 2.75) is 0 Å². The Labute approximate surface area is 241 Å². The zero-order valence-corrected chi connectivity index (χ0v) is 22.5. The Kier molecular flexibility index (Phi) is 4.83. The van der Waals surface area contributed by atoms with Gasteiger partial charge in [-0.25, -0.2) is 9.97 Å². The molecular formula is C37H23N5. The van der Waals surface area contributed by atoms with Gasteiger partial charge in [0.25, 0.3) is 0 Å². The van der Waals surface area contributed by atoms with Crippen molar-refractivity contribution in [3.63, 3.8) is 0 Å². The van der Waals surface area contributed by atoms with E-state index in [9.17, 15) is 0 Å². The highest BCUT2D eigenvalue weighted by molar-refractivity contribution is 6.18. The van der Waals surface area contributed by atoms with E-state index in [1.807, 2.05) is 24.5 Å². The molecule has 0 amide bonds. The lowest BCUT2D eigenvalue weighted by molar-refractivity contribution is 1.08. The van der Waals surface area contributed by atoms with Crippen molar-refractivity contribution >= 4 is 54.4 Å². The van der Waals surface area contributed by atoms with E-state index in [1.54, 1.807) is 12.4 Å². The number of para-hydroxylation sites is 3. The zero-order chi connectivity index (χ0) is 27.6. The summed E-state index contributed by atoms with van der Waals surface area (Å²) in [5.74, 6) is 0.661. The van der Waals surface area contributed by atoms with Crippen LogP contribution in [0.25, 0.3) is 77.1 Å². The third-order valence-electron chi connectivity index (χ3n) is 8.25. The van der Waals surface area contributed by atoms with Gasteiger partial charge in [-0.1, -0.05) is 54.6 Å². The molecule has 5 aromatic carbocycles. The molecule has 5 heteroatoms. The topological polar surface area (TPSA) is 48.5 Å². The molecule has 0 aliphatic heterocycles. The van der Waals surface area contributed by atoms with Crippen molar-refractivity contribution in [3.8, 4) is 22.8 Å². The molecule has 5 nitrogen and oxygen atoms in total. The van der Waals surface area contributed by atoms with E-state index < -0.39 is 0 Å². The van der Waals surface area contributed by atoms with Crippen LogP contribution in [-0.2, 0) is 0 Å². The number of nitrogens with zero attached hydrogens (tertiary/aromatic N) is 5. The molecule has 0 spiro atoms. The molecule has 196 valence electrons. The van der Waals surface area contributed by atoms with Crippen molar-refractivity contribution in [2.24, 2.45) is 0 Å². The monoisotopic (exact) mass is 537 g/mol. The molecule has 0 saturated heterocycles. The summed E-state index contributed by atoms with van der Waals surface area (Å²) in [6, 6.07) is 41.1. The fourth-order valence-electron chi connectivity index (χ4n) is 6.39. The maximum absolute atomic E-state index is 4.72. The van der Waals surface area contributed by atoms with Crippen LogP contribution in [0.15, 0.2) is 140 Å². The minimum Gasteiger partial charge on any atom is -0.309 e. The molecule has 4 heterocycles. The van der Waals surface area contributed by atoms with E-state index >= 15 is 0 Å². The highest BCUT2D eigenvalue weighted by Crippen LogP contribution is 2.39. The van der Waals surface area contributed by atoms with Gasteiger partial charge in [0, 0.05) is 45.2 Å². The summed E-state index contributed by atoms with van der Waals surface area (Å²) < 4.78 is 4.64. The predicted octanol–water partition coefficient (Wildman–Crippen LogP) is 8.89. The molecule has 0 bridgehead atoms. The molecule has 4 aromatic heterocycles. The second-order valence-corrected chi connectivity index (χ2v) is 10.6.